The third-order valence-electron chi connectivity index (χ3n) is 6.55. The van der Waals surface area contributed by atoms with E-state index in [-0.39, 0.29) is 30.2 Å². The molecule has 0 N–H and O–H groups in total. The van der Waals surface area contributed by atoms with E-state index in [9.17, 15) is 14.9 Å². The third-order valence-corrected chi connectivity index (χ3v) is 8.26. The van der Waals surface area contributed by atoms with Crippen LogP contribution in [0.1, 0.15) is 17.5 Å². The van der Waals surface area contributed by atoms with Gasteiger partial charge in [-0.05, 0) is 59.2 Å². The fourth-order valence-corrected chi connectivity index (χ4v) is 5.19. The van der Waals surface area contributed by atoms with Gasteiger partial charge in [0.05, 0.1) is 18.4 Å². The second kappa shape index (κ2) is 11.4. The zero-order valence-corrected chi connectivity index (χ0v) is 23.2. The zero-order valence-electron chi connectivity index (χ0n) is 22.2. The van der Waals surface area contributed by atoms with E-state index >= 15 is 4.39 Å². The number of aryl methyl sites for hydroxylation is 1. The van der Waals surface area contributed by atoms with E-state index in [4.69, 9.17) is 9.47 Å². The van der Waals surface area contributed by atoms with Gasteiger partial charge in [0.25, 0.3) is 0 Å². The first-order valence-corrected chi connectivity index (χ1v) is 16.3. The molecular weight excluding hydrogens is 507 g/mol. The van der Waals surface area contributed by atoms with E-state index in [0.29, 0.717) is 31.7 Å². The summed E-state index contributed by atoms with van der Waals surface area (Å²) >= 11 is 0. The van der Waals surface area contributed by atoms with E-state index in [1.54, 1.807) is 18.1 Å². The summed E-state index contributed by atoms with van der Waals surface area (Å²) in [5.41, 5.74) is 2.44. The number of nitrogens with zero attached hydrogens (tertiary/aromatic N) is 4. The fourth-order valence-electron chi connectivity index (χ4n) is 4.43. The van der Waals surface area contributed by atoms with Crippen molar-refractivity contribution in [1.82, 2.24) is 9.78 Å². The molecule has 0 spiro atoms. The van der Waals surface area contributed by atoms with Crippen molar-refractivity contribution in [3.8, 4) is 16.9 Å². The van der Waals surface area contributed by atoms with Crippen molar-refractivity contribution in [2.45, 2.75) is 51.7 Å². The molecule has 2 aromatic carbocycles. The summed E-state index contributed by atoms with van der Waals surface area (Å²) in [5, 5.41) is 15.7. The van der Waals surface area contributed by atoms with Crippen LogP contribution in [0.3, 0.4) is 0 Å². The maximum absolute atomic E-state index is 15.4. The summed E-state index contributed by atoms with van der Waals surface area (Å²) in [4.78, 5) is 25.7. The average Bonchev–Trinajstić information content (AvgIpc) is 3.48. The van der Waals surface area contributed by atoms with Gasteiger partial charge < -0.3 is 24.5 Å². The minimum absolute atomic E-state index is 0.0491. The molecule has 2 heterocycles. The van der Waals surface area contributed by atoms with Crippen molar-refractivity contribution in [3.05, 3.63) is 69.7 Å². The minimum Gasteiger partial charge on any atom is -0.497 e. The van der Waals surface area contributed by atoms with Gasteiger partial charge in [-0.1, -0.05) is 31.8 Å². The van der Waals surface area contributed by atoms with Crippen LogP contribution in [-0.4, -0.2) is 48.9 Å². The quantitative estimate of drug-likeness (QED) is 0.139. The molecule has 0 atom stereocenters. The number of nitro groups is 1. The Balaban J connectivity index is 1.50. The maximum atomic E-state index is 15.4. The van der Waals surface area contributed by atoms with Crippen LogP contribution in [0.25, 0.3) is 11.1 Å². The molecule has 9 nitrogen and oxygen atoms in total. The van der Waals surface area contributed by atoms with Gasteiger partial charge in [-0.25, -0.2) is 4.39 Å². The first-order valence-electron chi connectivity index (χ1n) is 12.6. The SMILES string of the molecule is COc1cccc(CCC(=O)N2CCc3cc(-c4cn(COCC[Si](C)(C)C)nc4[N+](=O)[O-])c(F)cc32)c1. The Hall–Kier alpha value is -3.57. The molecule has 0 bridgehead atoms. The van der Waals surface area contributed by atoms with Crippen LogP contribution in [0.2, 0.25) is 25.7 Å². The van der Waals surface area contributed by atoms with E-state index in [1.165, 1.54) is 16.9 Å². The predicted octanol–water partition coefficient (Wildman–Crippen LogP) is 5.44. The Kier molecular flexibility index (Phi) is 8.27. The lowest BCUT2D eigenvalue weighted by Gasteiger charge is -2.18. The number of carbonyl (C=O) groups is 1. The Morgan fingerprint density at radius 3 is 2.71 bits per heavy atom. The van der Waals surface area contributed by atoms with Gasteiger partial charge in [0, 0.05) is 38.9 Å². The number of hydrogen-bond donors (Lipinski definition) is 0. The molecule has 1 aliphatic heterocycles. The van der Waals surface area contributed by atoms with Gasteiger partial charge in [0.15, 0.2) is 6.73 Å². The van der Waals surface area contributed by atoms with Crippen LogP contribution in [0.15, 0.2) is 42.6 Å². The lowest BCUT2D eigenvalue weighted by Crippen LogP contribution is -2.29. The number of anilines is 1. The number of halogens is 1. The summed E-state index contributed by atoms with van der Waals surface area (Å²) in [5.74, 6) is -0.444. The van der Waals surface area contributed by atoms with Crippen molar-refractivity contribution in [2.75, 3.05) is 25.2 Å². The topological polar surface area (TPSA) is 99.7 Å². The Morgan fingerprint density at radius 1 is 1.21 bits per heavy atom. The van der Waals surface area contributed by atoms with Gasteiger partial charge in [-0.3, -0.25) is 4.79 Å². The molecular formula is C27H33FN4O5Si. The Labute approximate surface area is 222 Å². The molecule has 1 aromatic heterocycles. The molecule has 0 unspecified atom stereocenters. The molecule has 0 aliphatic carbocycles. The van der Waals surface area contributed by atoms with Crippen molar-refractivity contribution in [3.63, 3.8) is 0 Å². The van der Waals surface area contributed by atoms with Crippen molar-refractivity contribution in [2.24, 2.45) is 0 Å². The van der Waals surface area contributed by atoms with Gasteiger partial charge in [0.1, 0.15) is 17.1 Å². The number of fused-ring (bicyclic) bond motifs is 1. The van der Waals surface area contributed by atoms with Gasteiger partial charge in [-0.2, -0.15) is 4.68 Å². The van der Waals surface area contributed by atoms with E-state index in [2.05, 4.69) is 24.7 Å². The van der Waals surface area contributed by atoms with Gasteiger partial charge >= 0.3 is 5.82 Å². The Morgan fingerprint density at radius 2 is 2.00 bits per heavy atom. The molecule has 38 heavy (non-hydrogen) atoms. The molecule has 3 aromatic rings. The number of benzene rings is 2. The number of ether oxygens (including phenoxy) is 2. The zero-order chi connectivity index (χ0) is 27.4. The van der Waals surface area contributed by atoms with E-state index in [0.717, 1.165) is 22.9 Å². The second-order valence-corrected chi connectivity index (χ2v) is 16.2. The molecule has 0 saturated carbocycles. The summed E-state index contributed by atoms with van der Waals surface area (Å²) in [6.07, 6.45) is 2.79. The molecule has 0 radical (unpaired) electrons. The second-order valence-electron chi connectivity index (χ2n) is 10.6. The summed E-state index contributed by atoms with van der Waals surface area (Å²) < 4.78 is 27.6. The number of amides is 1. The van der Waals surface area contributed by atoms with Crippen molar-refractivity contribution in [1.29, 1.82) is 0 Å². The minimum atomic E-state index is -1.28. The van der Waals surface area contributed by atoms with Crippen LogP contribution in [0, 0.1) is 15.9 Å². The van der Waals surface area contributed by atoms with Crippen LogP contribution in [0.4, 0.5) is 15.9 Å². The normalized spacial score (nSPS) is 13.0. The first kappa shape index (κ1) is 27.5. The number of methoxy groups -OCH3 is 1. The van der Waals surface area contributed by atoms with Crippen LogP contribution in [0.5, 0.6) is 5.75 Å². The fraction of sp³-hybridized carbons (Fsp3) is 0.407. The molecule has 1 amide bonds. The van der Waals surface area contributed by atoms with Crippen LogP contribution < -0.4 is 9.64 Å². The van der Waals surface area contributed by atoms with Gasteiger partial charge in [-0.15, -0.1) is 0 Å². The molecule has 1 aliphatic rings. The van der Waals surface area contributed by atoms with E-state index in [1.807, 2.05) is 24.3 Å². The van der Waals surface area contributed by atoms with E-state index < -0.39 is 24.6 Å². The first-order chi connectivity index (χ1) is 18.1. The number of carbonyl (C=O) groups excluding carboxylic acids is 1. The highest BCUT2D eigenvalue weighted by molar-refractivity contribution is 6.76. The van der Waals surface area contributed by atoms with Crippen LogP contribution in [-0.2, 0) is 29.1 Å². The summed E-state index contributed by atoms with van der Waals surface area (Å²) in [6.45, 7) is 7.72. The highest BCUT2D eigenvalue weighted by atomic mass is 28.3. The van der Waals surface area contributed by atoms with Crippen molar-refractivity contribution < 1.29 is 23.6 Å². The molecule has 202 valence electrons. The van der Waals surface area contributed by atoms with Crippen LogP contribution >= 0.6 is 0 Å². The molecule has 0 saturated heterocycles. The largest absolute Gasteiger partial charge is 0.497 e. The molecule has 4 rings (SSSR count). The van der Waals surface area contributed by atoms with Gasteiger partial charge in [0.2, 0.25) is 5.91 Å². The number of rotatable bonds is 11. The lowest BCUT2D eigenvalue weighted by atomic mass is 10.0. The standard InChI is InChI=1S/C27H33FN4O5Si/c1-36-21-7-5-6-19(14-21)8-9-26(33)31-11-10-20-15-22(24(28)16-25(20)31)23-17-30(29-27(23)32(34)35)18-37-12-13-38(2,3)4/h5-7,14-17H,8-13,18H2,1-4H3. The predicted molar refractivity (Wildman–Crippen MR) is 146 cm³/mol. The average molecular weight is 541 g/mol. The Bertz CT molecular complexity index is 1340. The number of aromatic nitrogens is 2. The molecule has 11 heteroatoms. The summed E-state index contributed by atoms with van der Waals surface area (Å²) in [7, 11) is 0.319. The smallest absolute Gasteiger partial charge is 0.398 e. The highest BCUT2D eigenvalue weighted by Crippen LogP contribution is 2.38. The molecule has 0 fully saturated rings. The lowest BCUT2D eigenvalue weighted by molar-refractivity contribution is -0.389. The summed E-state index contributed by atoms with van der Waals surface area (Å²) in [6, 6.07) is 11.4. The highest BCUT2D eigenvalue weighted by Gasteiger charge is 2.30. The third kappa shape index (κ3) is 6.46. The van der Waals surface area contributed by atoms with Crippen molar-refractivity contribution >= 4 is 25.5 Å². The maximum Gasteiger partial charge on any atom is 0.398 e. The number of hydrogen-bond acceptors (Lipinski definition) is 6. The monoisotopic (exact) mass is 540 g/mol.